The van der Waals surface area contributed by atoms with Crippen LogP contribution in [0.25, 0.3) is 11.1 Å². The van der Waals surface area contributed by atoms with Crippen LogP contribution in [0.15, 0.2) is 72.8 Å². The van der Waals surface area contributed by atoms with Crippen LogP contribution in [0.4, 0.5) is 4.39 Å². The first kappa shape index (κ1) is 17.7. The van der Waals surface area contributed by atoms with Gasteiger partial charge in [-0.25, -0.2) is 4.39 Å². The van der Waals surface area contributed by atoms with Crippen molar-refractivity contribution in [2.45, 2.75) is 25.4 Å². The van der Waals surface area contributed by atoms with E-state index in [1.165, 1.54) is 6.07 Å². The Bertz CT molecular complexity index is 825. The van der Waals surface area contributed by atoms with Gasteiger partial charge in [0, 0.05) is 16.5 Å². The van der Waals surface area contributed by atoms with Crippen LogP contribution in [-0.4, -0.2) is 11.2 Å². The van der Waals surface area contributed by atoms with Crippen LogP contribution in [0, 0.1) is 5.82 Å². The molecule has 0 aliphatic heterocycles. The minimum Gasteiger partial charge on any atom is -0.393 e. The van der Waals surface area contributed by atoms with Gasteiger partial charge >= 0.3 is 0 Å². The second-order valence-electron chi connectivity index (χ2n) is 6.28. The summed E-state index contributed by atoms with van der Waals surface area (Å²) in [5, 5.41) is 10.9. The normalized spacial score (nSPS) is 13.4. The molecule has 1 nitrogen and oxygen atoms in total. The predicted molar refractivity (Wildman–Crippen MR) is 101 cm³/mol. The summed E-state index contributed by atoms with van der Waals surface area (Å²) >= 11 is 5.94. The topological polar surface area (TPSA) is 20.2 Å². The van der Waals surface area contributed by atoms with Gasteiger partial charge in [0.05, 0.1) is 6.10 Å². The molecule has 3 heteroatoms. The maximum Gasteiger partial charge on any atom is 0.131 e. The van der Waals surface area contributed by atoms with Gasteiger partial charge in [-0.1, -0.05) is 66.2 Å². The molecule has 1 N–H and O–H groups in total. The zero-order chi connectivity index (χ0) is 17.8. The summed E-state index contributed by atoms with van der Waals surface area (Å²) in [7, 11) is 0. The minimum absolute atomic E-state index is 0.0316. The van der Waals surface area contributed by atoms with Gasteiger partial charge in [-0.2, -0.15) is 0 Å². The molecule has 3 aromatic carbocycles. The Labute approximate surface area is 152 Å². The highest BCUT2D eigenvalue weighted by Gasteiger charge is 2.18. The molecule has 0 aromatic heterocycles. The van der Waals surface area contributed by atoms with Gasteiger partial charge in [-0.05, 0) is 48.2 Å². The molecule has 25 heavy (non-hydrogen) atoms. The zero-order valence-electron chi connectivity index (χ0n) is 14.0. The number of benzene rings is 3. The molecule has 0 spiro atoms. The number of hydrogen-bond donors (Lipinski definition) is 1. The Morgan fingerprint density at radius 1 is 0.920 bits per heavy atom. The monoisotopic (exact) mass is 354 g/mol. The molecule has 0 amide bonds. The second kappa shape index (κ2) is 7.81. The number of aliphatic hydroxyl groups is 1. The molecule has 0 fully saturated rings. The Kier molecular flexibility index (Phi) is 5.52. The van der Waals surface area contributed by atoms with E-state index < -0.39 is 6.10 Å². The Balaban J connectivity index is 1.85. The van der Waals surface area contributed by atoms with E-state index in [-0.39, 0.29) is 11.7 Å². The Hall–Kier alpha value is -2.16. The molecule has 0 aliphatic rings. The Morgan fingerprint density at radius 3 is 2.16 bits per heavy atom. The van der Waals surface area contributed by atoms with E-state index in [0.29, 0.717) is 17.0 Å². The van der Waals surface area contributed by atoms with Crippen molar-refractivity contribution in [1.29, 1.82) is 0 Å². The highest BCUT2D eigenvalue weighted by Crippen LogP contribution is 2.29. The fourth-order valence-corrected chi connectivity index (χ4v) is 3.17. The molecule has 0 radical (unpaired) electrons. The van der Waals surface area contributed by atoms with E-state index >= 15 is 0 Å². The quantitative estimate of drug-likeness (QED) is 0.609. The average Bonchev–Trinajstić information content (AvgIpc) is 2.62. The van der Waals surface area contributed by atoms with Gasteiger partial charge in [-0.15, -0.1) is 0 Å². The lowest BCUT2D eigenvalue weighted by Gasteiger charge is -2.21. The summed E-state index contributed by atoms with van der Waals surface area (Å²) in [5.41, 5.74) is 3.57. The highest BCUT2D eigenvalue weighted by atomic mass is 35.5. The van der Waals surface area contributed by atoms with Crippen LogP contribution in [-0.2, 0) is 6.42 Å². The zero-order valence-corrected chi connectivity index (χ0v) is 14.7. The lowest BCUT2D eigenvalue weighted by Crippen LogP contribution is -2.17. The van der Waals surface area contributed by atoms with E-state index in [1.807, 2.05) is 54.6 Å². The lowest BCUT2D eigenvalue weighted by atomic mass is 9.87. The van der Waals surface area contributed by atoms with Crippen molar-refractivity contribution >= 4 is 11.6 Å². The standard InChI is InChI=1S/C22H20ClFO/c1-15(25)21(14-16-6-12-19(23)13-7-16)18-10-8-17(9-11-18)20-4-2-3-5-22(20)24/h2-13,15,21,25H,14H2,1H3. The van der Waals surface area contributed by atoms with Crippen LogP contribution >= 0.6 is 11.6 Å². The van der Waals surface area contributed by atoms with Crippen LogP contribution < -0.4 is 0 Å². The van der Waals surface area contributed by atoms with Gasteiger partial charge in [0.25, 0.3) is 0 Å². The summed E-state index contributed by atoms with van der Waals surface area (Å²) in [4.78, 5) is 0. The highest BCUT2D eigenvalue weighted by molar-refractivity contribution is 6.30. The van der Waals surface area contributed by atoms with Crippen LogP contribution in [0.3, 0.4) is 0 Å². The summed E-state index contributed by atoms with van der Waals surface area (Å²) < 4.78 is 13.9. The maximum atomic E-state index is 13.9. The fourth-order valence-electron chi connectivity index (χ4n) is 3.05. The fraction of sp³-hybridized carbons (Fsp3) is 0.182. The summed E-state index contributed by atoms with van der Waals surface area (Å²) in [5.74, 6) is -0.265. The van der Waals surface area contributed by atoms with E-state index in [0.717, 1.165) is 16.7 Å². The van der Waals surface area contributed by atoms with Crippen LogP contribution in [0.5, 0.6) is 0 Å². The van der Waals surface area contributed by atoms with Crippen molar-refractivity contribution < 1.29 is 9.50 Å². The molecule has 0 saturated carbocycles. The van der Waals surface area contributed by atoms with Gasteiger partial charge in [0.15, 0.2) is 0 Å². The Morgan fingerprint density at radius 2 is 1.56 bits per heavy atom. The molecule has 2 atom stereocenters. The predicted octanol–water partition coefficient (Wildman–Crippen LogP) is 5.85. The molecular weight excluding hydrogens is 335 g/mol. The van der Waals surface area contributed by atoms with Crippen molar-refractivity contribution in [3.05, 3.63) is 94.8 Å². The van der Waals surface area contributed by atoms with E-state index in [2.05, 4.69) is 0 Å². The molecule has 0 bridgehead atoms. The molecule has 128 valence electrons. The third kappa shape index (κ3) is 4.28. The number of rotatable bonds is 5. The largest absolute Gasteiger partial charge is 0.393 e. The summed E-state index contributed by atoms with van der Waals surface area (Å²) in [6.45, 7) is 1.80. The molecule has 0 saturated heterocycles. The summed E-state index contributed by atoms with van der Waals surface area (Å²) in [6, 6.07) is 22.2. The van der Waals surface area contributed by atoms with E-state index in [4.69, 9.17) is 11.6 Å². The van der Waals surface area contributed by atoms with E-state index in [9.17, 15) is 9.50 Å². The first-order chi connectivity index (χ1) is 12.0. The van der Waals surface area contributed by atoms with Crippen LogP contribution in [0.2, 0.25) is 5.02 Å². The average molecular weight is 355 g/mol. The van der Waals surface area contributed by atoms with E-state index in [1.54, 1.807) is 19.1 Å². The number of halogens is 2. The molecular formula is C22H20ClFO. The second-order valence-corrected chi connectivity index (χ2v) is 6.72. The van der Waals surface area contributed by atoms with Gasteiger partial charge in [0.1, 0.15) is 5.82 Å². The molecule has 0 heterocycles. The third-order valence-corrected chi connectivity index (χ3v) is 4.73. The number of hydrogen-bond acceptors (Lipinski definition) is 1. The van der Waals surface area contributed by atoms with Crippen molar-refractivity contribution in [3.8, 4) is 11.1 Å². The van der Waals surface area contributed by atoms with Crippen molar-refractivity contribution in [2.75, 3.05) is 0 Å². The maximum absolute atomic E-state index is 13.9. The first-order valence-corrected chi connectivity index (χ1v) is 8.70. The number of aliphatic hydroxyl groups excluding tert-OH is 1. The van der Waals surface area contributed by atoms with Crippen molar-refractivity contribution in [2.24, 2.45) is 0 Å². The van der Waals surface area contributed by atoms with Gasteiger partial charge < -0.3 is 5.11 Å². The lowest BCUT2D eigenvalue weighted by molar-refractivity contribution is 0.161. The first-order valence-electron chi connectivity index (χ1n) is 8.32. The molecule has 3 aromatic rings. The van der Waals surface area contributed by atoms with Crippen molar-refractivity contribution in [3.63, 3.8) is 0 Å². The molecule has 3 rings (SSSR count). The smallest absolute Gasteiger partial charge is 0.131 e. The van der Waals surface area contributed by atoms with Crippen LogP contribution in [0.1, 0.15) is 24.0 Å². The van der Waals surface area contributed by atoms with Gasteiger partial charge in [-0.3, -0.25) is 0 Å². The SMILES string of the molecule is CC(O)C(Cc1ccc(Cl)cc1)c1ccc(-c2ccccc2F)cc1. The van der Waals surface area contributed by atoms with Crippen molar-refractivity contribution in [1.82, 2.24) is 0 Å². The molecule has 2 unspecified atom stereocenters. The molecule has 0 aliphatic carbocycles. The minimum atomic E-state index is -0.491. The van der Waals surface area contributed by atoms with Gasteiger partial charge in [0.2, 0.25) is 0 Å². The summed E-state index contributed by atoms with van der Waals surface area (Å²) in [6.07, 6.45) is 0.225. The third-order valence-electron chi connectivity index (χ3n) is 4.47.